The predicted molar refractivity (Wildman–Crippen MR) is 135 cm³/mol. The summed E-state index contributed by atoms with van der Waals surface area (Å²) in [5.41, 5.74) is 1.26. The molecule has 0 spiro atoms. The van der Waals surface area contributed by atoms with E-state index in [1.807, 2.05) is 19.9 Å². The van der Waals surface area contributed by atoms with E-state index in [-0.39, 0.29) is 22.1 Å². The highest BCUT2D eigenvalue weighted by Gasteiger charge is 2.33. The topological polar surface area (TPSA) is 56.3 Å². The van der Waals surface area contributed by atoms with Crippen LogP contribution in [0.5, 0.6) is 11.5 Å². The number of alkyl halides is 3. The molecule has 0 fully saturated rings. The van der Waals surface area contributed by atoms with Crippen LogP contribution in [-0.4, -0.2) is 19.2 Å². The van der Waals surface area contributed by atoms with Gasteiger partial charge in [0.2, 0.25) is 0 Å². The van der Waals surface area contributed by atoms with Crippen molar-refractivity contribution in [1.82, 2.24) is 4.98 Å². The van der Waals surface area contributed by atoms with Gasteiger partial charge in [-0.25, -0.2) is 8.42 Å². The Kier molecular flexibility index (Phi) is 7.09. The van der Waals surface area contributed by atoms with Gasteiger partial charge in [-0.1, -0.05) is 51.1 Å². The third-order valence-electron chi connectivity index (χ3n) is 5.85. The third kappa shape index (κ3) is 5.23. The number of aromatic nitrogens is 1. The van der Waals surface area contributed by atoms with Crippen molar-refractivity contribution < 1.29 is 26.3 Å². The number of hydrogen-bond donors (Lipinski definition) is 0. The van der Waals surface area contributed by atoms with Crippen LogP contribution in [0.15, 0.2) is 77.8 Å². The van der Waals surface area contributed by atoms with Crippen molar-refractivity contribution >= 4 is 20.7 Å². The van der Waals surface area contributed by atoms with E-state index in [2.05, 4.69) is 4.98 Å². The molecule has 0 saturated heterocycles. The summed E-state index contributed by atoms with van der Waals surface area (Å²) in [6, 6.07) is 17.4. The summed E-state index contributed by atoms with van der Waals surface area (Å²) in [6.45, 7) is 5.72. The van der Waals surface area contributed by atoms with Crippen LogP contribution in [0.2, 0.25) is 0 Å². The van der Waals surface area contributed by atoms with Crippen molar-refractivity contribution in [3.05, 3.63) is 84.1 Å². The molecule has 4 rings (SSSR count). The molecule has 1 heterocycles. The molecule has 0 atom stereocenters. The predicted octanol–water partition coefficient (Wildman–Crippen LogP) is 8.02. The van der Waals surface area contributed by atoms with Crippen LogP contribution in [0.25, 0.3) is 22.0 Å². The highest BCUT2D eigenvalue weighted by atomic mass is 32.2. The molecule has 0 aliphatic rings. The highest BCUT2D eigenvalue weighted by molar-refractivity contribution is 7.91. The molecule has 36 heavy (non-hydrogen) atoms. The molecule has 4 aromatic rings. The Balaban J connectivity index is 1.81. The molecule has 188 valence electrons. The van der Waals surface area contributed by atoms with E-state index in [4.69, 9.17) is 4.74 Å². The zero-order valence-electron chi connectivity index (χ0n) is 20.1. The maximum atomic E-state index is 13.7. The average molecular weight is 514 g/mol. The first-order valence-corrected chi connectivity index (χ1v) is 13.3. The van der Waals surface area contributed by atoms with Gasteiger partial charge in [0.15, 0.2) is 9.84 Å². The van der Waals surface area contributed by atoms with Crippen LogP contribution in [0, 0.1) is 0 Å². The van der Waals surface area contributed by atoms with Gasteiger partial charge < -0.3 is 4.74 Å². The minimum atomic E-state index is -4.53. The summed E-state index contributed by atoms with van der Waals surface area (Å²) in [7, 11) is -3.41. The third-order valence-corrected chi connectivity index (χ3v) is 7.77. The smallest absolute Gasteiger partial charge is 0.418 e. The van der Waals surface area contributed by atoms with Gasteiger partial charge in [-0.2, -0.15) is 13.2 Å². The molecule has 4 nitrogen and oxygen atoms in total. The maximum absolute atomic E-state index is 13.7. The van der Waals surface area contributed by atoms with Crippen LogP contribution in [0.3, 0.4) is 0 Å². The molecule has 0 amide bonds. The second-order valence-corrected chi connectivity index (χ2v) is 11.0. The van der Waals surface area contributed by atoms with E-state index >= 15 is 0 Å². The molecule has 0 aliphatic carbocycles. The number of halogens is 3. The number of hydrogen-bond acceptors (Lipinski definition) is 4. The molecule has 0 radical (unpaired) electrons. The second-order valence-electron chi connectivity index (χ2n) is 8.87. The van der Waals surface area contributed by atoms with E-state index in [0.717, 1.165) is 11.6 Å². The van der Waals surface area contributed by atoms with Crippen molar-refractivity contribution in [3.63, 3.8) is 0 Å². The van der Waals surface area contributed by atoms with E-state index in [1.165, 1.54) is 24.4 Å². The van der Waals surface area contributed by atoms with Crippen molar-refractivity contribution in [2.24, 2.45) is 0 Å². The first-order chi connectivity index (χ1) is 17.0. The van der Waals surface area contributed by atoms with Gasteiger partial charge in [-0.15, -0.1) is 0 Å². The van der Waals surface area contributed by atoms with Gasteiger partial charge in [0.25, 0.3) is 0 Å². The van der Waals surface area contributed by atoms with E-state index in [1.54, 1.807) is 43.3 Å². The highest BCUT2D eigenvalue weighted by Crippen LogP contribution is 2.41. The molecular formula is C28H26F3NO3S. The fraction of sp³-hybridized carbons (Fsp3) is 0.250. The second kappa shape index (κ2) is 9.93. The first kappa shape index (κ1) is 25.7. The van der Waals surface area contributed by atoms with Crippen LogP contribution in [0.1, 0.15) is 44.2 Å². The molecule has 0 N–H and O–H groups in total. The SMILES string of the molecule is CCCS(=O)(=O)c1cccc(Oc2cccc(-c3c(C(C)C)cnc4c(C(F)(F)F)cccc34)c2)c1. The maximum Gasteiger partial charge on any atom is 0.418 e. The van der Waals surface area contributed by atoms with Gasteiger partial charge in [0.05, 0.1) is 21.7 Å². The average Bonchev–Trinajstić information content (AvgIpc) is 2.82. The van der Waals surface area contributed by atoms with E-state index in [9.17, 15) is 21.6 Å². The molecule has 0 unspecified atom stereocenters. The minimum Gasteiger partial charge on any atom is -0.457 e. The molecule has 0 aliphatic heterocycles. The zero-order valence-corrected chi connectivity index (χ0v) is 21.0. The summed E-state index contributed by atoms with van der Waals surface area (Å²) in [5, 5.41) is 0.404. The van der Waals surface area contributed by atoms with Gasteiger partial charge in [-0.05, 0) is 65.4 Å². The summed E-state index contributed by atoms with van der Waals surface area (Å²) in [5.74, 6) is 0.840. The number of pyridine rings is 1. The van der Waals surface area contributed by atoms with Crippen molar-refractivity contribution in [2.75, 3.05) is 5.75 Å². The largest absolute Gasteiger partial charge is 0.457 e. The van der Waals surface area contributed by atoms with Crippen molar-refractivity contribution in [3.8, 4) is 22.6 Å². The van der Waals surface area contributed by atoms with E-state index < -0.39 is 21.6 Å². The van der Waals surface area contributed by atoms with Crippen molar-refractivity contribution in [2.45, 2.75) is 44.2 Å². The lowest BCUT2D eigenvalue weighted by atomic mass is 9.90. The first-order valence-electron chi connectivity index (χ1n) is 11.6. The number of para-hydroxylation sites is 1. The van der Waals surface area contributed by atoms with Gasteiger partial charge >= 0.3 is 6.18 Å². The lowest BCUT2D eigenvalue weighted by molar-refractivity contribution is -0.136. The summed E-state index contributed by atoms with van der Waals surface area (Å²) < 4.78 is 71.9. The standard InChI is InChI=1S/C28H26F3NO3S/c1-4-14-36(33,34)22-11-6-10-21(16-22)35-20-9-5-8-19(15-20)26-23-12-7-13-25(28(29,30)31)27(23)32-17-24(26)18(2)3/h5-13,15-18H,4,14H2,1-3H3. The lowest BCUT2D eigenvalue weighted by Gasteiger charge is -2.18. The van der Waals surface area contributed by atoms with Crippen LogP contribution < -0.4 is 4.74 Å². The number of rotatable bonds is 7. The monoisotopic (exact) mass is 513 g/mol. The molecular weight excluding hydrogens is 487 g/mol. The normalized spacial score (nSPS) is 12.3. The Morgan fingerprint density at radius 1 is 0.944 bits per heavy atom. The Bertz CT molecular complexity index is 1510. The number of ether oxygens (including phenoxy) is 1. The molecule has 1 aromatic heterocycles. The van der Waals surface area contributed by atoms with Crippen molar-refractivity contribution in [1.29, 1.82) is 0 Å². The van der Waals surface area contributed by atoms with Gasteiger partial charge in [0, 0.05) is 11.6 Å². The molecule has 0 bridgehead atoms. The lowest BCUT2D eigenvalue weighted by Crippen LogP contribution is -2.07. The van der Waals surface area contributed by atoms with Crippen LogP contribution in [-0.2, 0) is 16.0 Å². The summed E-state index contributed by atoms with van der Waals surface area (Å²) >= 11 is 0. The molecule has 0 saturated carbocycles. The van der Waals surface area contributed by atoms with Gasteiger partial charge in [0.1, 0.15) is 11.5 Å². The zero-order chi connectivity index (χ0) is 26.1. The number of benzene rings is 3. The Morgan fingerprint density at radius 2 is 1.61 bits per heavy atom. The Labute approximate surface area is 208 Å². The summed E-state index contributed by atoms with van der Waals surface area (Å²) in [6.07, 6.45) is -2.52. The van der Waals surface area contributed by atoms with E-state index in [0.29, 0.717) is 34.4 Å². The molecule has 3 aromatic carbocycles. The fourth-order valence-corrected chi connectivity index (χ4v) is 5.55. The Morgan fingerprint density at radius 3 is 2.28 bits per heavy atom. The van der Waals surface area contributed by atoms with Crippen LogP contribution in [0.4, 0.5) is 13.2 Å². The van der Waals surface area contributed by atoms with Crippen LogP contribution >= 0.6 is 0 Å². The Hall–Kier alpha value is -3.39. The number of sulfone groups is 1. The quantitative estimate of drug-likeness (QED) is 0.251. The van der Waals surface area contributed by atoms with Gasteiger partial charge in [-0.3, -0.25) is 4.98 Å². The fourth-order valence-electron chi connectivity index (χ4n) is 4.20. The number of nitrogens with zero attached hydrogens (tertiary/aromatic N) is 1. The minimum absolute atomic E-state index is 0.0106. The molecule has 8 heteroatoms. The number of fused-ring (bicyclic) bond motifs is 1. The summed E-state index contributed by atoms with van der Waals surface area (Å²) in [4.78, 5) is 4.37.